The second-order valence-corrected chi connectivity index (χ2v) is 6.20. The molecule has 0 saturated carbocycles. The van der Waals surface area contributed by atoms with E-state index in [1.807, 2.05) is 6.92 Å². The second kappa shape index (κ2) is 5.46. The number of hydrogen-bond donors (Lipinski definition) is 2. The highest BCUT2D eigenvalue weighted by atomic mass is 32.2. The Morgan fingerprint density at radius 2 is 2.00 bits per heavy atom. The van der Waals surface area contributed by atoms with Crippen molar-refractivity contribution in [1.82, 2.24) is 10.3 Å². The quantitative estimate of drug-likeness (QED) is 0.827. The molecular formula is C11H19N3O2S. The molecular weight excluding hydrogens is 238 g/mol. The maximum atomic E-state index is 11.9. The van der Waals surface area contributed by atoms with Crippen LogP contribution in [0.1, 0.15) is 18.3 Å². The molecule has 0 fully saturated rings. The van der Waals surface area contributed by atoms with Crippen molar-refractivity contribution in [3.05, 3.63) is 23.5 Å². The zero-order valence-corrected chi connectivity index (χ0v) is 11.4. The van der Waals surface area contributed by atoms with Gasteiger partial charge < -0.3 is 5.32 Å². The molecule has 2 N–H and O–H groups in total. The molecule has 1 aromatic heterocycles. The third-order valence-electron chi connectivity index (χ3n) is 2.50. The fraction of sp³-hybridized carbons (Fsp3) is 0.545. The summed E-state index contributed by atoms with van der Waals surface area (Å²) in [7, 11) is -1.64. The molecule has 1 heterocycles. The van der Waals surface area contributed by atoms with Crippen molar-refractivity contribution in [2.24, 2.45) is 0 Å². The lowest BCUT2D eigenvalue weighted by Gasteiger charge is -2.15. The number of anilines is 1. The first-order valence-corrected chi connectivity index (χ1v) is 7.02. The van der Waals surface area contributed by atoms with Crippen LogP contribution in [-0.2, 0) is 10.0 Å². The topological polar surface area (TPSA) is 71.1 Å². The Balaban J connectivity index is 2.90. The highest BCUT2D eigenvalue weighted by molar-refractivity contribution is 7.93. The minimum Gasteiger partial charge on any atom is -0.318 e. The average Bonchev–Trinajstić information content (AvgIpc) is 2.22. The molecule has 0 aliphatic carbocycles. The van der Waals surface area contributed by atoms with Crippen molar-refractivity contribution in [3.63, 3.8) is 0 Å². The Bertz CT molecular complexity index is 485. The zero-order chi connectivity index (χ0) is 13.1. The SMILES string of the molecule is CNCC(C)S(=O)(=O)Nc1ccc(C)nc1C. The smallest absolute Gasteiger partial charge is 0.236 e. The van der Waals surface area contributed by atoms with Gasteiger partial charge in [0.2, 0.25) is 10.0 Å². The van der Waals surface area contributed by atoms with Crippen LogP contribution in [0.25, 0.3) is 0 Å². The van der Waals surface area contributed by atoms with Gasteiger partial charge in [0.1, 0.15) is 0 Å². The monoisotopic (exact) mass is 257 g/mol. The summed E-state index contributed by atoms with van der Waals surface area (Å²) in [6, 6.07) is 3.52. The van der Waals surface area contributed by atoms with Crippen LogP contribution in [0.5, 0.6) is 0 Å². The van der Waals surface area contributed by atoms with Crippen LogP contribution in [0, 0.1) is 13.8 Å². The van der Waals surface area contributed by atoms with Gasteiger partial charge in [-0.05, 0) is 40.0 Å². The van der Waals surface area contributed by atoms with E-state index in [-0.39, 0.29) is 0 Å². The van der Waals surface area contributed by atoms with E-state index < -0.39 is 15.3 Å². The third kappa shape index (κ3) is 3.67. The lowest BCUT2D eigenvalue weighted by molar-refractivity contribution is 0.583. The second-order valence-electron chi connectivity index (χ2n) is 4.10. The summed E-state index contributed by atoms with van der Waals surface area (Å²) in [4.78, 5) is 4.22. The predicted molar refractivity (Wildman–Crippen MR) is 69.6 cm³/mol. The van der Waals surface area contributed by atoms with Crippen molar-refractivity contribution >= 4 is 15.7 Å². The highest BCUT2D eigenvalue weighted by Crippen LogP contribution is 2.15. The zero-order valence-electron chi connectivity index (χ0n) is 10.6. The molecule has 17 heavy (non-hydrogen) atoms. The Labute approximate surface area is 103 Å². The summed E-state index contributed by atoms with van der Waals surface area (Å²) in [5.74, 6) is 0. The molecule has 1 aromatic rings. The number of hydrogen-bond acceptors (Lipinski definition) is 4. The van der Waals surface area contributed by atoms with Crippen LogP contribution < -0.4 is 10.0 Å². The number of nitrogens with zero attached hydrogens (tertiary/aromatic N) is 1. The van der Waals surface area contributed by atoms with Gasteiger partial charge >= 0.3 is 0 Å². The first kappa shape index (κ1) is 13.9. The molecule has 0 bridgehead atoms. The molecule has 6 heteroatoms. The van der Waals surface area contributed by atoms with E-state index in [2.05, 4.69) is 15.0 Å². The van der Waals surface area contributed by atoms with Gasteiger partial charge in [-0.1, -0.05) is 0 Å². The van der Waals surface area contributed by atoms with Crippen LogP contribution >= 0.6 is 0 Å². The Morgan fingerprint density at radius 1 is 1.35 bits per heavy atom. The van der Waals surface area contributed by atoms with Crippen LogP contribution in [0.2, 0.25) is 0 Å². The van der Waals surface area contributed by atoms with Crippen molar-refractivity contribution in [3.8, 4) is 0 Å². The Hall–Kier alpha value is -1.14. The molecule has 1 unspecified atom stereocenters. The standard InChI is InChI=1S/C11H19N3O2S/c1-8-5-6-11(10(3)13-8)14-17(15,16)9(2)7-12-4/h5-6,9,12,14H,7H2,1-4H3. The fourth-order valence-corrected chi connectivity index (χ4v) is 2.55. The minimum absolute atomic E-state index is 0.410. The molecule has 96 valence electrons. The summed E-state index contributed by atoms with van der Waals surface area (Å²) in [6.07, 6.45) is 0. The van der Waals surface area contributed by atoms with Crippen molar-refractivity contribution in [2.45, 2.75) is 26.0 Å². The van der Waals surface area contributed by atoms with Gasteiger partial charge in [0.25, 0.3) is 0 Å². The minimum atomic E-state index is -3.36. The van der Waals surface area contributed by atoms with Gasteiger partial charge in [-0.15, -0.1) is 0 Å². The molecule has 0 aromatic carbocycles. The van der Waals surface area contributed by atoms with Crippen LogP contribution in [0.3, 0.4) is 0 Å². The molecule has 0 aliphatic rings. The van der Waals surface area contributed by atoms with Gasteiger partial charge in [-0.2, -0.15) is 0 Å². The van der Waals surface area contributed by atoms with Gasteiger partial charge in [-0.3, -0.25) is 9.71 Å². The summed E-state index contributed by atoms with van der Waals surface area (Å²) in [6.45, 7) is 5.73. The normalized spacial score (nSPS) is 13.4. The third-order valence-corrected chi connectivity index (χ3v) is 4.23. The van der Waals surface area contributed by atoms with Gasteiger partial charge in [0.05, 0.1) is 16.6 Å². The average molecular weight is 257 g/mol. The van der Waals surface area contributed by atoms with E-state index >= 15 is 0 Å². The molecule has 5 nitrogen and oxygen atoms in total. The Morgan fingerprint density at radius 3 is 2.53 bits per heavy atom. The number of aromatic nitrogens is 1. The Kier molecular flexibility index (Phi) is 4.47. The molecule has 1 rings (SSSR count). The van der Waals surface area contributed by atoms with E-state index in [0.717, 1.165) is 5.69 Å². The number of nitrogens with one attached hydrogen (secondary N) is 2. The number of sulfonamides is 1. The molecule has 0 amide bonds. The van der Waals surface area contributed by atoms with Crippen LogP contribution in [0.15, 0.2) is 12.1 Å². The van der Waals surface area contributed by atoms with Gasteiger partial charge in [-0.25, -0.2) is 8.42 Å². The van der Waals surface area contributed by atoms with Crippen LogP contribution in [-0.4, -0.2) is 32.2 Å². The van der Waals surface area contributed by atoms with Crippen LogP contribution in [0.4, 0.5) is 5.69 Å². The lowest BCUT2D eigenvalue weighted by Crippen LogP contribution is -2.33. The predicted octanol–water partition coefficient (Wildman–Crippen LogP) is 1.05. The van der Waals surface area contributed by atoms with E-state index in [1.165, 1.54) is 0 Å². The molecule has 0 radical (unpaired) electrons. The van der Waals surface area contributed by atoms with Gasteiger partial charge in [0, 0.05) is 12.2 Å². The van der Waals surface area contributed by atoms with Gasteiger partial charge in [0.15, 0.2) is 0 Å². The number of rotatable bonds is 5. The lowest BCUT2D eigenvalue weighted by atomic mass is 10.3. The molecule has 0 saturated heterocycles. The maximum Gasteiger partial charge on any atom is 0.236 e. The summed E-state index contributed by atoms with van der Waals surface area (Å²) >= 11 is 0. The number of aryl methyl sites for hydroxylation is 2. The van der Waals surface area contributed by atoms with Crippen molar-refractivity contribution in [2.75, 3.05) is 18.3 Å². The highest BCUT2D eigenvalue weighted by Gasteiger charge is 2.20. The molecule has 0 spiro atoms. The fourth-order valence-electron chi connectivity index (χ4n) is 1.45. The van der Waals surface area contributed by atoms with E-state index in [9.17, 15) is 8.42 Å². The first-order chi connectivity index (χ1) is 7.86. The molecule has 1 atom stereocenters. The summed E-state index contributed by atoms with van der Waals surface area (Å²) < 4.78 is 26.5. The first-order valence-electron chi connectivity index (χ1n) is 5.47. The summed E-state index contributed by atoms with van der Waals surface area (Å²) in [5.41, 5.74) is 2.09. The van der Waals surface area contributed by atoms with E-state index in [4.69, 9.17) is 0 Å². The number of pyridine rings is 1. The maximum absolute atomic E-state index is 11.9. The van der Waals surface area contributed by atoms with E-state index in [1.54, 1.807) is 33.0 Å². The van der Waals surface area contributed by atoms with Crippen molar-refractivity contribution < 1.29 is 8.42 Å². The van der Waals surface area contributed by atoms with Crippen molar-refractivity contribution in [1.29, 1.82) is 0 Å². The molecule has 0 aliphatic heterocycles. The van der Waals surface area contributed by atoms with E-state index in [0.29, 0.717) is 17.9 Å². The summed E-state index contributed by atoms with van der Waals surface area (Å²) in [5, 5.41) is 2.36. The largest absolute Gasteiger partial charge is 0.318 e.